The van der Waals surface area contributed by atoms with E-state index in [-0.39, 0.29) is 6.42 Å². The van der Waals surface area contributed by atoms with Crippen LogP contribution in [0, 0.1) is 5.92 Å². The molecule has 29 heavy (non-hydrogen) atoms. The lowest BCUT2D eigenvalue weighted by Gasteiger charge is -2.22. The van der Waals surface area contributed by atoms with Gasteiger partial charge in [0, 0.05) is 5.92 Å². The quantitative estimate of drug-likeness (QED) is 0.239. The van der Waals surface area contributed by atoms with Crippen LogP contribution in [0.2, 0.25) is 0 Å². The third-order valence-corrected chi connectivity index (χ3v) is 4.98. The molecular formula is C21H33N3O5. The van der Waals surface area contributed by atoms with Crippen molar-refractivity contribution in [3.63, 3.8) is 0 Å². The maximum atomic E-state index is 10.6. The van der Waals surface area contributed by atoms with Crippen molar-refractivity contribution in [2.45, 2.75) is 63.8 Å². The summed E-state index contributed by atoms with van der Waals surface area (Å²) in [6.45, 7) is 0.604. The van der Waals surface area contributed by atoms with Crippen molar-refractivity contribution in [1.82, 2.24) is 0 Å². The number of hydrogen-bond donors (Lipinski definition) is 5. The van der Waals surface area contributed by atoms with Gasteiger partial charge in [0.1, 0.15) is 6.04 Å². The number of aliphatic carboxylic acids is 2. The number of oxime groups is 1. The Balaban J connectivity index is 0.000000359. The summed E-state index contributed by atoms with van der Waals surface area (Å²) in [5, 5.41) is 29.5. The van der Waals surface area contributed by atoms with Crippen molar-refractivity contribution in [1.29, 1.82) is 0 Å². The lowest BCUT2D eigenvalue weighted by Crippen LogP contribution is -2.29. The highest BCUT2D eigenvalue weighted by Crippen LogP contribution is 2.25. The van der Waals surface area contributed by atoms with E-state index in [9.17, 15) is 9.59 Å². The van der Waals surface area contributed by atoms with Crippen LogP contribution in [0.5, 0.6) is 0 Å². The molecular weight excluding hydrogens is 374 g/mol. The molecule has 0 radical (unpaired) electrons. The molecule has 1 fully saturated rings. The molecule has 0 amide bonds. The first-order valence-electron chi connectivity index (χ1n) is 10.1. The Morgan fingerprint density at radius 2 is 1.76 bits per heavy atom. The van der Waals surface area contributed by atoms with Gasteiger partial charge in [-0.15, -0.1) is 0 Å². The van der Waals surface area contributed by atoms with Gasteiger partial charge in [-0.3, -0.25) is 9.59 Å². The van der Waals surface area contributed by atoms with Crippen molar-refractivity contribution in [2.75, 3.05) is 6.54 Å². The number of carboxylic acid groups (broad SMARTS) is 2. The number of nitrogens with zero attached hydrogens (tertiary/aromatic N) is 1. The van der Waals surface area contributed by atoms with Crippen LogP contribution in [0.15, 0.2) is 29.4 Å². The lowest BCUT2D eigenvalue weighted by molar-refractivity contribution is -0.139. The van der Waals surface area contributed by atoms with Crippen molar-refractivity contribution in [3.8, 4) is 0 Å². The maximum Gasteiger partial charge on any atom is 0.320 e. The molecule has 8 heteroatoms. The van der Waals surface area contributed by atoms with Gasteiger partial charge in [-0.25, -0.2) is 0 Å². The molecule has 8 nitrogen and oxygen atoms in total. The molecule has 0 heterocycles. The third kappa shape index (κ3) is 10.0. The molecule has 0 bridgehead atoms. The molecule has 0 spiro atoms. The van der Waals surface area contributed by atoms with E-state index in [1.165, 1.54) is 12.0 Å². The van der Waals surface area contributed by atoms with E-state index >= 15 is 0 Å². The normalized spacial score (nSPS) is 18.6. The molecule has 0 aromatic heterocycles. The van der Waals surface area contributed by atoms with Gasteiger partial charge in [0.05, 0.1) is 12.1 Å². The van der Waals surface area contributed by atoms with Crippen LogP contribution in [0.4, 0.5) is 0 Å². The SMILES string of the molecule is NCCCC[C@H](N)C(=O)O.O=C(O)Cc1ccc(CC2CCCCC2=NO)cc1. The van der Waals surface area contributed by atoms with Gasteiger partial charge in [-0.2, -0.15) is 0 Å². The second-order valence-corrected chi connectivity index (χ2v) is 7.35. The van der Waals surface area contributed by atoms with E-state index < -0.39 is 18.0 Å². The second kappa shape index (κ2) is 13.7. The van der Waals surface area contributed by atoms with Gasteiger partial charge in [-0.1, -0.05) is 42.3 Å². The third-order valence-electron chi connectivity index (χ3n) is 4.98. The van der Waals surface area contributed by atoms with Crippen LogP contribution in [0.25, 0.3) is 0 Å². The molecule has 2 atom stereocenters. The summed E-state index contributed by atoms with van der Waals surface area (Å²) in [6, 6.07) is 6.96. The number of unbranched alkanes of at least 4 members (excludes halogenated alkanes) is 1. The largest absolute Gasteiger partial charge is 0.481 e. The summed E-state index contributed by atoms with van der Waals surface area (Å²) >= 11 is 0. The molecule has 1 aromatic rings. The molecule has 1 saturated carbocycles. The summed E-state index contributed by atoms with van der Waals surface area (Å²) < 4.78 is 0. The maximum absolute atomic E-state index is 10.6. The molecule has 1 aliphatic carbocycles. The Morgan fingerprint density at radius 3 is 2.31 bits per heavy atom. The topological polar surface area (TPSA) is 159 Å². The van der Waals surface area contributed by atoms with E-state index in [0.29, 0.717) is 18.9 Å². The van der Waals surface area contributed by atoms with Crippen LogP contribution in [-0.2, 0) is 22.4 Å². The second-order valence-electron chi connectivity index (χ2n) is 7.35. The zero-order chi connectivity index (χ0) is 21.6. The Labute approximate surface area is 171 Å². The van der Waals surface area contributed by atoms with Gasteiger partial charge in [-0.05, 0) is 56.2 Å². The van der Waals surface area contributed by atoms with E-state index in [0.717, 1.165) is 49.8 Å². The van der Waals surface area contributed by atoms with Gasteiger partial charge in [0.2, 0.25) is 0 Å². The minimum Gasteiger partial charge on any atom is -0.481 e. The first kappa shape index (κ1) is 24.6. The smallest absolute Gasteiger partial charge is 0.320 e. The van der Waals surface area contributed by atoms with Gasteiger partial charge in [0.15, 0.2) is 0 Å². The monoisotopic (exact) mass is 407 g/mol. The van der Waals surface area contributed by atoms with Crippen LogP contribution >= 0.6 is 0 Å². The predicted molar refractivity (Wildman–Crippen MR) is 111 cm³/mol. The first-order chi connectivity index (χ1) is 13.9. The molecule has 1 aliphatic rings. The van der Waals surface area contributed by atoms with Gasteiger partial charge in [0.25, 0.3) is 0 Å². The number of nitrogens with two attached hydrogens (primary N) is 2. The van der Waals surface area contributed by atoms with Crippen LogP contribution in [0.1, 0.15) is 56.1 Å². The summed E-state index contributed by atoms with van der Waals surface area (Å²) in [5.41, 5.74) is 13.3. The molecule has 0 aliphatic heterocycles. The van der Waals surface area contributed by atoms with Crippen molar-refractivity contribution < 1.29 is 25.0 Å². The fraction of sp³-hybridized carbons (Fsp3) is 0.571. The van der Waals surface area contributed by atoms with Crippen LogP contribution < -0.4 is 11.5 Å². The highest BCUT2D eigenvalue weighted by molar-refractivity contribution is 5.87. The predicted octanol–water partition coefficient (Wildman–Crippen LogP) is 2.40. The number of rotatable bonds is 9. The minimum atomic E-state index is -0.933. The summed E-state index contributed by atoms with van der Waals surface area (Å²) in [7, 11) is 0. The van der Waals surface area contributed by atoms with Gasteiger partial charge >= 0.3 is 11.9 Å². The average molecular weight is 408 g/mol. The molecule has 1 aromatic carbocycles. The molecule has 0 saturated heterocycles. The van der Waals surface area contributed by atoms with Crippen LogP contribution in [0.3, 0.4) is 0 Å². The van der Waals surface area contributed by atoms with Crippen LogP contribution in [-0.4, -0.2) is 45.7 Å². The fourth-order valence-corrected chi connectivity index (χ4v) is 3.30. The van der Waals surface area contributed by atoms with E-state index in [4.69, 9.17) is 26.9 Å². The summed E-state index contributed by atoms with van der Waals surface area (Å²) in [4.78, 5) is 20.7. The lowest BCUT2D eigenvalue weighted by atomic mass is 9.83. The Kier molecular flexibility index (Phi) is 11.6. The van der Waals surface area contributed by atoms with Crippen molar-refractivity contribution >= 4 is 17.7 Å². The molecule has 7 N–H and O–H groups in total. The zero-order valence-corrected chi connectivity index (χ0v) is 16.8. The highest BCUT2D eigenvalue weighted by atomic mass is 16.4. The Hall–Kier alpha value is -2.45. The van der Waals surface area contributed by atoms with E-state index in [1.807, 2.05) is 24.3 Å². The minimum absolute atomic E-state index is 0.0626. The van der Waals surface area contributed by atoms with Gasteiger partial charge < -0.3 is 26.9 Å². The number of carbonyl (C=O) groups is 2. The van der Waals surface area contributed by atoms with Crippen molar-refractivity contribution in [2.24, 2.45) is 22.5 Å². The fourth-order valence-electron chi connectivity index (χ4n) is 3.30. The van der Waals surface area contributed by atoms with E-state index in [2.05, 4.69) is 5.16 Å². The average Bonchev–Trinajstić information content (AvgIpc) is 2.70. The number of benzene rings is 1. The molecule has 1 unspecified atom stereocenters. The Morgan fingerprint density at radius 1 is 1.10 bits per heavy atom. The van der Waals surface area contributed by atoms with E-state index in [1.54, 1.807) is 0 Å². The molecule has 162 valence electrons. The number of carboxylic acids is 2. The highest BCUT2D eigenvalue weighted by Gasteiger charge is 2.21. The number of hydrogen-bond acceptors (Lipinski definition) is 6. The molecule has 2 rings (SSSR count). The standard InChI is InChI=1S/C15H19NO3.C6H14N2O2/c17-15(18)10-12-7-5-11(6-8-12)9-13-3-1-2-4-14(13)16-19;7-4-2-1-3-5(8)6(9)10/h5-8,13,19H,1-4,9-10H2,(H,17,18);5H,1-4,7-8H2,(H,9,10)/t;5-/m.0/s1. The zero-order valence-electron chi connectivity index (χ0n) is 16.8. The summed E-state index contributed by atoms with van der Waals surface area (Å²) in [6.07, 6.45) is 7.33. The Bertz CT molecular complexity index is 661. The summed E-state index contributed by atoms with van der Waals surface area (Å²) in [5.74, 6) is -1.42. The van der Waals surface area contributed by atoms with Crippen molar-refractivity contribution in [3.05, 3.63) is 35.4 Å². The first-order valence-corrected chi connectivity index (χ1v) is 10.1.